The summed E-state index contributed by atoms with van der Waals surface area (Å²) in [5.41, 5.74) is 1.67. The van der Waals surface area contributed by atoms with Crippen LogP contribution in [-0.2, 0) is 17.8 Å². The number of rotatable bonds is 6. The summed E-state index contributed by atoms with van der Waals surface area (Å²) in [5.74, 6) is 0.579. The summed E-state index contributed by atoms with van der Waals surface area (Å²) >= 11 is 7.42. The molecular formula is C20H20ClN5O4S. The van der Waals surface area contributed by atoms with Gasteiger partial charge in [-0.05, 0) is 25.1 Å². The molecule has 3 heterocycles. The van der Waals surface area contributed by atoms with Gasteiger partial charge in [-0.25, -0.2) is 4.98 Å². The summed E-state index contributed by atoms with van der Waals surface area (Å²) in [4.78, 5) is 32.3. The molecule has 4 rings (SSSR count). The average molecular weight is 462 g/mol. The van der Waals surface area contributed by atoms with E-state index < -0.39 is 0 Å². The summed E-state index contributed by atoms with van der Waals surface area (Å²) in [6.45, 7) is 3.20. The first-order valence-electron chi connectivity index (χ1n) is 9.50. The molecule has 1 aliphatic heterocycles. The molecule has 162 valence electrons. The second-order valence-corrected chi connectivity index (χ2v) is 8.54. The van der Waals surface area contributed by atoms with Gasteiger partial charge in [0.2, 0.25) is 5.91 Å². The van der Waals surface area contributed by atoms with Gasteiger partial charge in [-0.3, -0.25) is 19.8 Å². The molecule has 0 bridgehead atoms. The van der Waals surface area contributed by atoms with Crippen molar-refractivity contribution in [1.82, 2.24) is 15.0 Å². The molecular weight excluding hydrogens is 442 g/mol. The maximum atomic E-state index is 12.5. The first kappa shape index (κ1) is 21.3. The lowest BCUT2D eigenvalue weighted by Gasteiger charge is -2.25. The molecule has 11 heteroatoms. The molecule has 9 nitrogen and oxygen atoms in total. The van der Waals surface area contributed by atoms with Crippen LogP contribution < -0.4 is 15.4 Å². The van der Waals surface area contributed by atoms with E-state index >= 15 is 0 Å². The van der Waals surface area contributed by atoms with Crippen LogP contribution in [-0.4, -0.2) is 47.1 Å². The van der Waals surface area contributed by atoms with Crippen molar-refractivity contribution in [3.8, 4) is 5.75 Å². The first-order valence-corrected chi connectivity index (χ1v) is 10.7. The van der Waals surface area contributed by atoms with Crippen molar-refractivity contribution >= 4 is 45.6 Å². The SMILES string of the molecule is COc1ccc(Cl)cc1NC(=O)CN1CCc2nc(NC(=O)c3cc(C)on3)sc2C1. The van der Waals surface area contributed by atoms with Crippen LogP contribution >= 0.6 is 22.9 Å². The predicted molar refractivity (Wildman–Crippen MR) is 117 cm³/mol. The van der Waals surface area contributed by atoms with E-state index in [1.54, 1.807) is 31.2 Å². The number of carbonyl (C=O) groups is 2. The number of fused-ring (bicyclic) bond motifs is 1. The number of methoxy groups -OCH3 is 1. The number of hydrogen-bond acceptors (Lipinski definition) is 8. The molecule has 2 N–H and O–H groups in total. The molecule has 2 amide bonds. The van der Waals surface area contributed by atoms with E-state index in [-0.39, 0.29) is 24.1 Å². The normalized spacial score (nSPS) is 13.5. The lowest BCUT2D eigenvalue weighted by atomic mass is 10.2. The number of hydrogen-bond donors (Lipinski definition) is 2. The molecule has 0 radical (unpaired) electrons. The van der Waals surface area contributed by atoms with Gasteiger partial charge in [0.05, 0.1) is 25.0 Å². The van der Waals surface area contributed by atoms with Gasteiger partial charge in [-0.2, -0.15) is 0 Å². The van der Waals surface area contributed by atoms with Gasteiger partial charge in [-0.1, -0.05) is 16.8 Å². The fraction of sp³-hybridized carbons (Fsp3) is 0.300. The summed E-state index contributed by atoms with van der Waals surface area (Å²) in [6.07, 6.45) is 0.693. The molecule has 0 spiro atoms. The maximum Gasteiger partial charge on any atom is 0.279 e. The minimum Gasteiger partial charge on any atom is -0.495 e. The molecule has 31 heavy (non-hydrogen) atoms. The number of ether oxygens (including phenoxy) is 1. The smallest absolute Gasteiger partial charge is 0.279 e. The predicted octanol–water partition coefficient (Wildman–Crippen LogP) is 3.35. The first-order chi connectivity index (χ1) is 14.9. The zero-order valence-electron chi connectivity index (χ0n) is 16.9. The van der Waals surface area contributed by atoms with Gasteiger partial charge >= 0.3 is 0 Å². The Kier molecular flexibility index (Phi) is 6.21. The van der Waals surface area contributed by atoms with Crippen molar-refractivity contribution in [2.24, 2.45) is 0 Å². The van der Waals surface area contributed by atoms with E-state index in [1.807, 2.05) is 4.90 Å². The highest BCUT2D eigenvalue weighted by molar-refractivity contribution is 7.15. The van der Waals surface area contributed by atoms with Gasteiger partial charge in [0, 0.05) is 35.5 Å². The summed E-state index contributed by atoms with van der Waals surface area (Å²) < 4.78 is 10.2. The van der Waals surface area contributed by atoms with Gasteiger partial charge in [0.1, 0.15) is 11.5 Å². The lowest BCUT2D eigenvalue weighted by molar-refractivity contribution is -0.117. The average Bonchev–Trinajstić information content (AvgIpc) is 3.33. The molecule has 0 saturated carbocycles. The minimum atomic E-state index is -0.366. The number of carbonyl (C=O) groups excluding carboxylic acids is 2. The minimum absolute atomic E-state index is 0.163. The number of benzene rings is 1. The zero-order valence-corrected chi connectivity index (χ0v) is 18.5. The Hall–Kier alpha value is -2.95. The lowest BCUT2D eigenvalue weighted by Crippen LogP contribution is -2.36. The third kappa shape index (κ3) is 5.04. The van der Waals surface area contributed by atoms with E-state index in [2.05, 4.69) is 20.8 Å². The van der Waals surface area contributed by atoms with Crippen LogP contribution in [0.15, 0.2) is 28.8 Å². The molecule has 0 unspecified atom stereocenters. The number of nitrogens with one attached hydrogen (secondary N) is 2. The molecule has 0 fully saturated rings. The van der Waals surface area contributed by atoms with Crippen LogP contribution in [0, 0.1) is 6.92 Å². The summed E-state index contributed by atoms with van der Waals surface area (Å²) in [5, 5.41) is 10.3. The van der Waals surface area contributed by atoms with Gasteiger partial charge in [0.15, 0.2) is 10.8 Å². The number of aromatic nitrogens is 2. The van der Waals surface area contributed by atoms with Crippen molar-refractivity contribution < 1.29 is 18.8 Å². The number of aryl methyl sites for hydroxylation is 1. The van der Waals surface area contributed by atoms with Crippen LogP contribution in [0.3, 0.4) is 0 Å². The summed E-state index contributed by atoms with van der Waals surface area (Å²) in [7, 11) is 1.54. The highest BCUT2D eigenvalue weighted by Gasteiger charge is 2.24. The zero-order chi connectivity index (χ0) is 22.0. The van der Waals surface area contributed by atoms with Crippen LogP contribution in [0.5, 0.6) is 5.75 Å². The Morgan fingerprint density at radius 1 is 1.32 bits per heavy atom. The Morgan fingerprint density at radius 2 is 2.16 bits per heavy atom. The molecule has 1 aliphatic rings. The van der Waals surface area contributed by atoms with E-state index in [4.69, 9.17) is 20.9 Å². The second-order valence-electron chi connectivity index (χ2n) is 7.02. The quantitative estimate of drug-likeness (QED) is 0.579. The number of thiazole rings is 1. The highest BCUT2D eigenvalue weighted by atomic mass is 35.5. The molecule has 0 atom stereocenters. The highest BCUT2D eigenvalue weighted by Crippen LogP contribution is 2.30. The fourth-order valence-electron chi connectivity index (χ4n) is 3.24. The van der Waals surface area contributed by atoms with Gasteiger partial charge in [0.25, 0.3) is 5.91 Å². The Labute approximate surface area is 187 Å². The van der Waals surface area contributed by atoms with Crippen LogP contribution in [0.4, 0.5) is 10.8 Å². The fourth-order valence-corrected chi connectivity index (χ4v) is 4.46. The van der Waals surface area contributed by atoms with E-state index in [0.29, 0.717) is 46.9 Å². The number of amides is 2. The third-order valence-electron chi connectivity index (χ3n) is 4.69. The molecule has 0 saturated heterocycles. The van der Waals surface area contributed by atoms with Crippen molar-refractivity contribution in [3.05, 3.63) is 51.3 Å². The standard InChI is InChI=1S/C20H20ClN5O4S/c1-11-7-15(25-30-11)19(28)24-20-23-13-5-6-26(9-17(13)31-20)10-18(27)22-14-8-12(21)3-4-16(14)29-2/h3-4,7-8H,5-6,9-10H2,1-2H3,(H,22,27)(H,23,24,28). The molecule has 2 aromatic heterocycles. The monoisotopic (exact) mass is 461 g/mol. The van der Waals surface area contributed by atoms with Crippen LogP contribution in [0.2, 0.25) is 5.02 Å². The number of anilines is 2. The Balaban J connectivity index is 1.36. The van der Waals surface area contributed by atoms with E-state index in [0.717, 1.165) is 10.6 Å². The third-order valence-corrected chi connectivity index (χ3v) is 5.93. The van der Waals surface area contributed by atoms with Crippen molar-refractivity contribution in [3.63, 3.8) is 0 Å². The molecule has 3 aromatic rings. The molecule has 0 aliphatic carbocycles. The summed E-state index contributed by atoms with van der Waals surface area (Å²) in [6, 6.07) is 6.63. The largest absolute Gasteiger partial charge is 0.495 e. The topological polar surface area (TPSA) is 110 Å². The van der Waals surface area contributed by atoms with Crippen molar-refractivity contribution in [2.75, 3.05) is 30.8 Å². The molecule has 1 aromatic carbocycles. The van der Waals surface area contributed by atoms with Gasteiger partial charge < -0.3 is 14.6 Å². The van der Waals surface area contributed by atoms with Crippen molar-refractivity contribution in [2.45, 2.75) is 19.9 Å². The maximum absolute atomic E-state index is 12.5. The van der Waals surface area contributed by atoms with Crippen LogP contribution in [0.25, 0.3) is 0 Å². The Morgan fingerprint density at radius 3 is 2.90 bits per heavy atom. The van der Waals surface area contributed by atoms with E-state index in [9.17, 15) is 9.59 Å². The van der Waals surface area contributed by atoms with Crippen LogP contribution in [0.1, 0.15) is 26.8 Å². The Bertz CT molecular complexity index is 1130. The van der Waals surface area contributed by atoms with Crippen molar-refractivity contribution in [1.29, 1.82) is 0 Å². The second kappa shape index (κ2) is 9.04. The van der Waals surface area contributed by atoms with Gasteiger partial charge in [-0.15, -0.1) is 11.3 Å². The number of nitrogens with zero attached hydrogens (tertiary/aromatic N) is 3. The number of halogens is 1. The van der Waals surface area contributed by atoms with E-state index in [1.165, 1.54) is 18.4 Å².